The van der Waals surface area contributed by atoms with E-state index in [1.54, 1.807) is 31.2 Å². The number of halogens is 1. The summed E-state index contributed by atoms with van der Waals surface area (Å²) in [6.07, 6.45) is 1.57. The minimum absolute atomic E-state index is 0.0973. The van der Waals surface area contributed by atoms with E-state index in [-0.39, 0.29) is 36.2 Å². The number of ether oxygens (including phenoxy) is 1. The van der Waals surface area contributed by atoms with E-state index in [2.05, 4.69) is 0 Å². The minimum atomic E-state index is -0.380. The smallest absolute Gasteiger partial charge is 0.309 e. The van der Waals surface area contributed by atoms with Crippen molar-refractivity contribution in [3.05, 3.63) is 29.3 Å². The lowest BCUT2D eigenvalue weighted by atomic mass is 9.95. The van der Waals surface area contributed by atoms with E-state index in [0.29, 0.717) is 43.2 Å². The summed E-state index contributed by atoms with van der Waals surface area (Å²) in [5.74, 6) is -0.634. The molecule has 2 heterocycles. The fourth-order valence-electron chi connectivity index (χ4n) is 3.67. The van der Waals surface area contributed by atoms with Crippen molar-refractivity contribution < 1.29 is 24.0 Å². The number of esters is 1. The molecule has 0 aromatic heterocycles. The summed E-state index contributed by atoms with van der Waals surface area (Å²) in [7, 11) is 0. The zero-order valence-corrected chi connectivity index (χ0v) is 14.9. The monoisotopic (exact) mass is 365 g/mol. The third-order valence-electron chi connectivity index (χ3n) is 4.95. The normalized spacial score (nSPS) is 26.8. The Morgan fingerprint density at radius 2 is 2.04 bits per heavy atom. The number of likely N-dealkylation sites (tertiary alicyclic amines) is 1. The Bertz CT molecular complexity index is 685. The predicted molar refractivity (Wildman–Crippen MR) is 92.4 cm³/mol. The molecule has 6 nitrogen and oxygen atoms in total. The number of imide groups is 1. The maximum Gasteiger partial charge on any atom is 0.309 e. The molecule has 1 aromatic carbocycles. The van der Waals surface area contributed by atoms with Crippen LogP contribution in [-0.2, 0) is 19.1 Å². The van der Waals surface area contributed by atoms with Crippen molar-refractivity contribution in [2.75, 3.05) is 24.6 Å². The number of amides is 2. The van der Waals surface area contributed by atoms with Gasteiger partial charge in [0.25, 0.3) is 5.91 Å². The molecule has 1 N–H and O–H groups in total. The third kappa shape index (κ3) is 3.70. The van der Waals surface area contributed by atoms with E-state index >= 15 is 0 Å². The molecule has 25 heavy (non-hydrogen) atoms. The number of nitrogens with zero attached hydrogens (tertiary/aromatic N) is 1. The first-order valence-corrected chi connectivity index (χ1v) is 9.02. The summed E-state index contributed by atoms with van der Waals surface area (Å²) in [4.78, 5) is 39.3. The highest BCUT2D eigenvalue weighted by Gasteiger charge is 2.47. The number of benzene rings is 1. The van der Waals surface area contributed by atoms with E-state index in [0.717, 1.165) is 4.90 Å². The SMILES string of the molecule is CCOC(=O)C1CC[NH+]([C@@H]2CC(=O)N(c3cccc(Cl)c3)C2=O)CC1. The van der Waals surface area contributed by atoms with Gasteiger partial charge < -0.3 is 9.64 Å². The fraction of sp³-hybridized carbons (Fsp3) is 0.500. The Balaban J connectivity index is 1.66. The van der Waals surface area contributed by atoms with Crippen LogP contribution in [0.2, 0.25) is 5.02 Å². The van der Waals surface area contributed by atoms with Gasteiger partial charge in [-0.1, -0.05) is 17.7 Å². The van der Waals surface area contributed by atoms with Crippen LogP contribution < -0.4 is 9.80 Å². The van der Waals surface area contributed by atoms with E-state index in [1.807, 2.05) is 0 Å². The standard InChI is InChI=1S/C18H21ClN2O4/c1-2-25-18(24)12-6-8-20(9-7-12)15-11-16(22)21(17(15)23)14-5-3-4-13(19)10-14/h3-5,10,12,15H,2,6-9,11H2,1H3/p+1/t15-/m1/s1. The quantitative estimate of drug-likeness (QED) is 0.634. The summed E-state index contributed by atoms with van der Waals surface area (Å²) in [5.41, 5.74) is 0.519. The number of anilines is 1. The van der Waals surface area contributed by atoms with Gasteiger partial charge in [0.05, 0.1) is 37.7 Å². The largest absolute Gasteiger partial charge is 0.466 e. The second-order valence-corrected chi connectivity index (χ2v) is 6.92. The molecule has 0 bridgehead atoms. The number of nitrogens with one attached hydrogen (secondary N) is 1. The van der Waals surface area contributed by atoms with Gasteiger partial charge in [0, 0.05) is 17.9 Å². The van der Waals surface area contributed by atoms with Crippen LogP contribution in [0.1, 0.15) is 26.2 Å². The summed E-state index contributed by atoms with van der Waals surface area (Å²) >= 11 is 5.98. The van der Waals surface area contributed by atoms with Crippen molar-refractivity contribution in [3.63, 3.8) is 0 Å². The first kappa shape index (κ1) is 17.9. The molecule has 1 atom stereocenters. The van der Waals surface area contributed by atoms with Crippen LogP contribution in [0.25, 0.3) is 0 Å². The molecule has 0 spiro atoms. The summed E-state index contributed by atoms with van der Waals surface area (Å²) in [5, 5.41) is 0.490. The number of carbonyl (C=O) groups is 3. The van der Waals surface area contributed by atoms with Gasteiger partial charge in [0.1, 0.15) is 0 Å². The number of quaternary nitrogens is 1. The van der Waals surface area contributed by atoms with Gasteiger partial charge in [0.15, 0.2) is 6.04 Å². The molecule has 2 aliphatic heterocycles. The van der Waals surface area contributed by atoms with Gasteiger partial charge >= 0.3 is 5.97 Å². The molecule has 134 valence electrons. The second-order valence-electron chi connectivity index (χ2n) is 6.49. The number of hydrogen-bond acceptors (Lipinski definition) is 4. The number of carbonyl (C=O) groups excluding carboxylic acids is 3. The average Bonchev–Trinajstić information content (AvgIpc) is 2.90. The highest BCUT2D eigenvalue weighted by atomic mass is 35.5. The summed E-state index contributed by atoms with van der Waals surface area (Å²) in [6, 6.07) is 6.39. The van der Waals surface area contributed by atoms with Crippen LogP contribution in [0, 0.1) is 5.92 Å². The molecule has 0 aliphatic carbocycles. The van der Waals surface area contributed by atoms with Gasteiger partial charge in [-0.3, -0.25) is 14.4 Å². The molecular weight excluding hydrogens is 344 g/mol. The molecule has 0 radical (unpaired) electrons. The zero-order valence-electron chi connectivity index (χ0n) is 14.2. The van der Waals surface area contributed by atoms with E-state index < -0.39 is 0 Å². The van der Waals surface area contributed by atoms with Crippen molar-refractivity contribution in [2.24, 2.45) is 5.92 Å². The number of rotatable bonds is 4. The van der Waals surface area contributed by atoms with Gasteiger partial charge in [0.2, 0.25) is 5.91 Å². The topological polar surface area (TPSA) is 68.1 Å². The molecule has 7 heteroatoms. The van der Waals surface area contributed by atoms with E-state index in [9.17, 15) is 14.4 Å². The maximum atomic E-state index is 12.8. The summed E-state index contributed by atoms with van der Waals surface area (Å²) in [6.45, 7) is 3.56. The molecule has 0 saturated carbocycles. The number of piperidine rings is 1. The number of hydrogen-bond donors (Lipinski definition) is 1. The van der Waals surface area contributed by atoms with Gasteiger partial charge in [-0.25, -0.2) is 4.90 Å². The van der Waals surface area contributed by atoms with Gasteiger partial charge in [-0.2, -0.15) is 0 Å². The lowest BCUT2D eigenvalue weighted by Crippen LogP contribution is -3.17. The van der Waals surface area contributed by atoms with Crippen molar-refractivity contribution in [2.45, 2.75) is 32.2 Å². The van der Waals surface area contributed by atoms with Gasteiger partial charge in [-0.05, 0) is 25.1 Å². The first-order valence-electron chi connectivity index (χ1n) is 8.64. The zero-order chi connectivity index (χ0) is 18.0. The third-order valence-corrected chi connectivity index (χ3v) is 5.19. The van der Waals surface area contributed by atoms with Crippen LogP contribution in [0.4, 0.5) is 5.69 Å². The highest BCUT2D eigenvalue weighted by Crippen LogP contribution is 2.25. The van der Waals surface area contributed by atoms with Crippen molar-refractivity contribution in [3.8, 4) is 0 Å². The van der Waals surface area contributed by atoms with Gasteiger partial charge in [-0.15, -0.1) is 0 Å². The Labute approximate surface area is 151 Å². The molecule has 0 unspecified atom stereocenters. The van der Waals surface area contributed by atoms with Crippen molar-refractivity contribution >= 4 is 35.1 Å². The van der Waals surface area contributed by atoms with Crippen LogP contribution >= 0.6 is 11.6 Å². The van der Waals surface area contributed by atoms with Crippen molar-refractivity contribution in [1.82, 2.24) is 0 Å². The fourth-order valence-corrected chi connectivity index (χ4v) is 3.85. The minimum Gasteiger partial charge on any atom is -0.466 e. The Morgan fingerprint density at radius 3 is 2.68 bits per heavy atom. The van der Waals surface area contributed by atoms with Crippen LogP contribution in [-0.4, -0.2) is 43.5 Å². The first-order chi connectivity index (χ1) is 12.0. The van der Waals surface area contributed by atoms with E-state index in [1.165, 1.54) is 4.90 Å². The maximum absolute atomic E-state index is 12.8. The Kier molecular flexibility index (Phi) is 5.39. The van der Waals surface area contributed by atoms with Crippen molar-refractivity contribution in [1.29, 1.82) is 0 Å². The van der Waals surface area contributed by atoms with E-state index in [4.69, 9.17) is 16.3 Å². The van der Waals surface area contributed by atoms with Crippen LogP contribution in [0.15, 0.2) is 24.3 Å². The molecule has 2 aliphatic rings. The highest BCUT2D eigenvalue weighted by molar-refractivity contribution is 6.31. The Hall–Kier alpha value is -1.92. The summed E-state index contributed by atoms with van der Waals surface area (Å²) < 4.78 is 5.08. The average molecular weight is 366 g/mol. The molecule has 1 aromatic rings. The molecule has 2 amide bonds. The predicted octanol–water partition coefficient (Wildman–Crippen LogP) is 0.830. The molecule has 2 saturated heterocycles. The lowest BCUT2D eigenvalue weighted by molar-refractivity contribution is -0.920. The molecule has 3 rings (SSSR count). The second kappa shape index (κ2) is 7.54. The van der Waals surface area contributed by atoms with Crippen LogP contribution in [0.5, 0.6) is 0 Å². The molecule has 2 fully saturated rings. The van der Waals surface area contributed by atoms with Crippen LogP contribution in [0.3, 0.4) is 0 Å². The Morgan fingerprint density at radius 1 is 1.32 bits per heavy atom. The molecular formula is C18H22ClN2O4+. The lowest BCUT2D eigenvalue weighted by Gasteiger charge is -2.31.